The fraction of sp³-hybridized carbons (Fsp3) is 0.500. The van der Waals surface area contributed by atoms with Gasteiger partial charge in [-0.05, 0) is 30.9 Å². The Hall–Kier alpha value is -0.860. The largest absolute Gasteiger partial charge is 0.307 e. The lowest BCUT2D eigenvalue weighted by Crippen LogP contribution is -2.31. The Kier molecular flexibility index (Phi) is 5.66. The summed E-state index contributed by atoms with van der Waals surface area (Å²) in [5, 5.41) is 3.26. The molecule has 1 N–H and O–H groups in total. The number of carbonyl (C=O) groups is 1. The lowest BCUT2D eigenvalue weighted by atomic mass is 9.93. The third-order valence-electron chi connectivity index (χ3n) is 3.32. The van der Waals surface area contributed by atoms with Crippen molar-refractivity contribution in [2.75, 3.05) is 6.54 Å². The lowest BCUT2D eigenvalue weighted by Gasteiger charge is -2.14. The maximum absolute atomic E-state index is 12.0. The number of benzene rings is 1. The van der Waals surface area contributed by atoms with E-state index >= 15 is 0 Å². The van der Waals surface area contributed by atoms with E-state index in [-0.39, 0.29) is 18.4 Å². The number of halogens is 1. The summed E-state index contributed by atoms with van der Waals surface area (Å²) in [7, 11) is 0. The van der Waals surface area contributed by atoms with Crippen LogP contribution in [0.3, 0.4) is 0 Å². The maximum Gasteiger partial charge on any atom is 0.150 e. The summed E-state index contributed by atoms with van der Waals surface area (Å²) < 4.78 is 0. The Morgan fingerprint density at radius 1 is 1.41 bits per heavy atom. The van der Waals surface area contributed by atoms with Crippen molar-refractivity contribution in [1.29, 1.82) is 0 Å². The van der Waals surface area contributed by atoms with Crippen LogP contribution in [0, 0.1) is 0 Å². The first-order valence-corrected chi connectivity index (χ1v) is 6.08. The smallest absolute Gasteiger partial charge is 0.150 e. The van der Waals surface area contributed by atoms with Gasteiger partial charge in [0.25, 0.3) is 0 Å². The molecule has 1 aliphatic rings. The highest BCUT2D eigenvalue weighted by Crippen LogP contribution is 2.21. The molecule has 0 amide bonds. The van der Waals surface area contributed by atoms with Gasteiger partial charge in [0.2, 0.25) is 0 Å². The molecule has 2 rings (SSSR count). The highest BCUT2D eigenvalue weighted by Gasteiger charge is 2.23. The van der Waals surface area contributed by atoms with Gasteiger partial charge in [-0.15, -0.1) is 12.4 Å². The van der Waals surface area contributed by atoms with E-state index in [9.17, 15) is 4.79 Å². The normalized spacial score (nSPS) is 20.6. The van der Waals surface area contributed by atoms with Gasteiger partial charge >= 0.3 is 0 Å². The number of Topliss-reactive ketones (excluding diaryl/α,β-unsaturated/α-hetero) is 1. The minimum atomic E-state index is 0. The molecule has 2 nitrogen and oxygen atoms in total. The van der Waals surface area contributed by atoms with Gasteiger partial charge in [0.15, 0.2) is 0 Å². The minimum Gasteiger partial charge on any atom is -0.307 e. The molecule has 0 bridgehead atoms. The van der Waals surface area contributed by atoms with E-state index in [2.05, 4.69) is 24.4 Å². The van der Waals surface area contributed by atoms with Crippen molar-refractivity contribution in [2.24, 2.45) is 0 Å². The SMILES string of the molecule is C[C@@H](CC(=O)[C@H]1CCCN1)c1ccccc1.Cl. The van der Waals surface area contributed by atoms with Gasteiger partial charge < -0.3 is 5.32 Å². The van der Waals surface area contributed by atoms with Crippen LogP contribution in [0.25, 0.3) is 0 Å². The molecule has 0 aliphatic carbocycles. The number of carbonyl (C=O) groups excluding carboxylic acids is 1. The first-order chi connectivity index (χ1) is 7.77. The fourth-order valence-corrected chi connectivity index (χ4v) is 2.30. The second kappa shape index (κ2) is 6.77. The average Bonchev–Trinajstić information content (AvgIpc) is 2.83. The fourth-order valence-electron chi connectivity index (χ4n) is 2.30. The van der Waals surface area contributed by atoms with Crippen LogP contribution in [-0.2, 0) is 4.79 Å². The Morgan fingerprint density at radius 2 is 2.12 bits per heavy atom. The van der Waals surface area contributed by atoms with E-state index in [0.717, 1.165) is 19.4 Å². The van der Waals surface area contributed by atoms with E-state index in [0.29, 0.717) is 18.1 Å². The molecule has 1 aromatic carbocycles. The van der Waals surface area contributed by atoms with Gasteiger partial charge in [0.05, 0.1) is 6.04 Å². The molecule has 1 aromatic rings. The highest BCUT2D eigenvalue weighted by atomic mass is 35.5. The molecule has 1 fully saturated rings. The molecule has 0 spiro atoms. The third-order valence-corrected chi connectivity index (χ3v) is 3.32. The number of nitrogens with one attached hydrogen (secondary N) is 1. The summed E-state index contributed by atoms with van der Waals surface area (Å²) in [6, 6.07) is 10.4. The van der Waals surface area contributed by atoms with Gasteiger partial charge in [-0.2, -0.15) is 0 Å². The summed E-state index contributed by atoms with van der Waals surface area (Å²) in [4.78, 5) is 12.0. The van der Waals surface area contributed by atoms with E-state index in [1.807, 2.05) is 18.2 Å². The molecule has 94 valence electrons. The zero-order valence-electron chi connectivity index (χ0n) is 10.2. The third kappa shape index (κ3) is 3.83. The maximum atomic E-state index is 12.0. The minimum absolute atomic E-state index is 0. The Bertz CT molecular complexity index is 346. The van der Waals surface area contributed by atoms with E-state index in [4.69, 9.17) is 0 Å². The quantitative estimate of drug-likeness (QED) is 0.894. The summed E-state index contributed by atoms with van der Waals surface area (Å²) in [6.45, 7) is 3.12. The monoisotopic (exact) mass is 253 g/mol. The van der Waals surface area contributed by atoms with Gasteiger partial charge in [-0.25, -0.2) is 0 Å². The van der Waals surface area contributed by atoms with Gasteiger partial charge in [-0.1, -0.05) is 37.3 Å². The van der Waals surface area contributed by atoms with Crippen molar-refractivity contribution < 1.29 is 4.79 Å². The second-order valence-corrected chi connectivity index (χ2v) is 4.63. The molecule has 1 saturated heterocycles. The van der Waals surface area contributed by atoms with Gasteiger partial charge in [0.1, 0.15) is 5.78 Å². The van der Waals surface area contributed by atoms with E-state index in [1.165, 1.54) is 5.56 Å². The van der Waals surface area contributed by atoms with Crippen LogP contribution in [0.15, 0.2) is 30.3 Å². The lowest BCUT2D eigenvalue weighted by molar-refractivity contribution is -0.121. The Labute approximate surface area is 109 Å². The summed E-state index contributed by atoms with van der Waals surface area (Å²) in [6.07, 6.45) is 2.80. The first-order valence-electron chi connectivity index (χ1n) is 6.08. The van der Waals surface area contributed by atoms with Gasteiger partial charge in [-0.3, -0.25) is 4.79 Å². The Morgan fingerprint density at radius 3 is 2.71 bits per heavy atom. The standard InChI is InChI=1S/C14H19NO.ClH/c1-11(12-6-3-2-4-7-12)10-14(16)13-8-5-9-15-13;/h2-4,6-7,11,13,15H,5,8-10H2,1H3;1H/t11-,13+;/m0./s1. The molecule has 0 unspecified atom stereocenters. The molecule has 17 heavy (non-hydrogen) atoms. The zero-order chi connectivity index (χ0) is 11.4. The molecule has 0 saturated carbocycles. The average molecular weight is 254 g/mol. The second-order valence-electron chi connectivity index (χ2n) is 4.63. The first kappa shape index (κ1) is 14.2. The Balaban J connectivity index is 0.00000144. The van der Waals surface area contributed by atoms with Crippen LogP contribution in [0.2, 0.25) is 0 Å². The van der Waals surface area contributed by atoms with Crippen molar-refractivity contribution in [3.8, 4) is 0 Å². The molecule has 1 heterocycles. The van der Waals surface area contributed by atoms with Crippen LogP contribution in [0.4, 0.5) is 0 Å². The van der Waals surface area contributed by atoms with Crippen LogP contribution < -0.4 is 5.32 Å². The summed E-state index contributed by atoms with van der Waals surface area (Å²) >= 11 is 0. The van der Waals surface area contributed by atoms with Crippen LogP contribution in [0.1, 0.15) is 37.7 Å². The van der Waals surface area contributed by atoms with Crippen molar-refractivity contribution in [3.63, 3.8) is 0 Å². The predicted octanol–water partition coefficient (Wildman–Crippen LogP) is 2.92. The number of rotatable bonds is 4. The summed E-state index contributed by atoms with van der Waals surface area (Å²) in [5.41, 5.74) is 1.26. The van der Waals surface area contributed by atoms with Crippen molar-refractivity contribution in [2.45, 2.75) is 38.1 Å². The molecular weight excluding hydrogens is 234 g/mol. The number of ketones is 1. The van der Waals surface area contributed by atoms with E-state index < -0.39 is 0 Å². The summed E-state index contributed by atoms with van der Waals surface area (Å²) in [5.74, 6) is 0.699. The van der Waals surface area contributed by atoms with Gasteiger partial charge in [0, 0.05) is 6.42 Å². The van der Waals surface area contributed by atoms with Crippen LogP contribution in [0.5, 0.6) is 0 Å². The molecule has 0 radical (unpaired) electrons. The molecule has 1 aliphatic heterocycles. The molecule has 2 atom stereocenters. The zero-order valence-corrected chi connectivity index (χ0v) is 11.0. The predicted molar refractivity (Wildman–Crippen MR) is 72.8 cm³/mol. The number of hydrogen-bond acceptors (Lipinski definition) is 2. The van der Waals surface area contributed by atoms with Crippen molar-refractivity contribution in [3.05, 3.63) is 35.9 Å². The van der Waals surface area contributed by atoms with Crippen LogP contribution in [-0.4, -0.2) is 18.4 Å². The molecular formula is C14H20ClNO. The van der Waals surface area contributed by atoms with E-state index in [1.54, 1.807) is 0 Å². The highest BCUT2D eigenvalue weighted by molar-refractivity contribution is 5.85. The van der Waals surface area contributed by atoms with Crippen molar-refractivity contribution >= 4 is 18.2 Å². The number of hydrogen-bond donors (Lipinski definition) is 1. The topological polar surface area (TPSA) is 29.1 Å². The molecule has 3 heteroatoms. The van der Waals surface area contributed by atoms with Crippen LogP contribution >= 0.6 is 12.4 Å². The molecule has 0 aromatic heterocycles. The van der Waals surface area contributed by atoms with Crippen molar-refractivity contribution in [1.82, 2.24) is 5.32 Å².